The average molecular weight is 262 g/mol. The molecule has 5 nitrogen and oxygen atoms in total. The first-order valence-electron chi connectivity index (χ1n) is 6.92. The molecule has 1 aliphatic heterocycles. The van der Waals surface area contributed by atoms with Crippen LogP contribution in [0.2, 0.25) is 0 Å². The van der Waals surface area contributed by atoms with Crippen LogP contribution in [0.4, 0.5) is 5.82 Å². The van der Waals surface area contributed by atoms with E-state index >= 15 is 0 Å². The summed E-state index contributed by atoms with van der Waals surface area (Å²) in [5.74, 6) is 1.62. The van der Waals surface area contributed by atoms with Crippen molar-refractivity contribution in [2.45, 2.75) is 26.2 Å². The second-order valence-corrected chi connectivity index (χ2v) is 5.32. The van der Waals surface area contributed by atoms with Crippen LogP contribution in [0.25, 0.3) is 0 Å². The number of amides is 1. The molecule has 1 amide bonds. The molecule has 1 aliphatic rings. The molecule has 1 aromatic heterocycles. The molecule has 1 aromatic rings. The molecule has 0 aliphatic carbocycles. The highest BCUT2D eigenvalue weighted by molar-refractivity contribution is 5.91. The lowest BCUT2D eigenvalue weighted by atomic mass is 9.94. The molecule has 0 spiro atoms. The number of hydrogen-bond donors (Lipinski definition) is 0. The zero-order valence-corrected chi connectivity index (χ0v) is 12.0. The summed E-state index contributed by atoms with van der Waals surface area (Å²) < 4.78 is 0. The maximum absolute atomic E-state index is 11.7. The first-order valence-corrected chi connectivity index (χ1v) is 6.92. The monoisotopic (exact) mass is 262 g/mol. The fraction of sp³-hybridized carbons (Fsp3) is 0.643. The maximum atomic E-state index is 11.7. The van der Waals surface area contributed by atoms with Gasteiger partial charge in [0.05, 0.1) is 0 Å². The van der Waals surface area contributed by atoms with Gasteiger partial charge in [-0.05, 0) is 30.9 Å². The van der Waals surface area contributed by atoms with Gasteiger partial charge in [-0.15, -0.1) is 10.2 Å². The summed E-state index contributed by atoms with van der Waals surface area (Å²) in [6, 6.07) is 3.66. The van der Waals surface area contributed by atoms with Crippen molar-refractivity contribution in [1.82, 2.24) is 15.1 Å². The summed E-state index contributed by atoms with van der Waals surface area (Å²) in [6.45, 7) is 4.32. The van der Waals surface area contributed by atoms with Crippen LogP contribution < -0.4 is 4.90 Å². The number of aromatic nitrogens is 2. The molecule has 0 saturated carbocycles. The summed E-state index contributed by atoms with van der Waals surface area (Å²) in [6.07, 6.45) is 3.70. The van der Waals surface area contributed by atoms with Crippen LogP contribution in [0.15, 0.2) is 12.1 Å². The first kappa shape index (κ1) is 13.8. The third-order valence-corrected chi connectivity index (χ3v) is 3.79. The first-order chi connectivity index (χ1) is 9.11. The van der Waals surface area contributed by atoms with E-state index < -0.39 is 0 Å². The molecule has 104 valence electrons. The zero-order valence-electron chi connectivity index (χ0n) is 12.0. The molecular weight excluding hydrogens is 240 g/mol. The Morgan fingerprint density at radius 3 is 2.47 bits per heavy atom. The highest BCUT2D eigenvalue weighted by Crippen LogP contribution is 2.23. The Hall–Kier alpha value is -1.65. The fourth-order valence-electron chi connectivity index (χ4n) is 2.41. The highest BCUT2D eigenvalue weighted by Gasteiger charge is 2.19. The Kier molecular flexibility index (Phi) is 4.35. The standard InChI is InChI=1S/C14H22N4O/c1-4-11-7-9-18(10-8-11)13-6-5-12(15-16-13)14(19)17(2)3/h5-6,11H,4,7-10H2,1-3H3. The highest BCUT2D eigenvalue weighted by atomic mass is 16.2. The van der Waals surface area contributed by atoms with Gasteiger partial charge in [0.1, 0.15) is 0 Å². The second-order valence-electron chi connectivity index (χ2n) is 5.32. The number of carbonyl (C=O) groups is 1. The van der Waals surface area contributed by atoms with Gasteiger partial charge >= 0.3 is 0 Å². The van der Waals surface area contributed by atoms with Gasteiger partial charge in [0.15, 0.2) is 11.5 Å². The van der Waals surface area contributed by atoms with E-state index in [0.717, 1.165) is 24.8 Å². The minimum atomic E-state index is -0.108. The van der Waals surface area contributed by atoms with Crippen molar-refractivity contribution in [3.05, 3.63) is 17.8 Å². The van der Waals surface area contributed by atoms with Crippen LogP contribution in [-0.2, 0) is 0 Å². The van der Waals surface area contributed by atoms with Gasteiger partial charge in [-0.25, -0.2) is 0 Å². The van der Waals surface area contributed by atoms with Crippen molar-refractivity contribution >= 4 is 11.7 Å². The molecular formula is C14H22N4O. The van der Waals surface area contributed by atoms with Crippen molar-refractivity contribution in [3.63, 3.8) is 0 Å². The Morgan fingerprint density at radius 1 is 1.32 bits per heavy atom. The van der Waals surface area contributed by atoms with Crippen molar-refractivity contribution in [2.75, 3.05) is 32.1 Å². The molecule has 0 atom stereocenters. The van der Waals surface area contributed by atoms with Gasteiger partial charge in [0, 0.05) is 27.2 Å². The summed E-state index contributed by atoms with van der Waals surface area (Å²) in [7, 11) is 3.43. The normalized spacial score (nSPS) is 16.5. The zero-order chi connectivity index (χ0) is 13.8. The van der Waals surface area contributed by atoms with Crippen LogP contribution in [-0.4, -0.2) is 48.2 Å². The number of piperidine rings is 1. The Bertz CT molecular complexity index is 422. The van der Waals surface area contributed by atoms with Gasteiger partial charge in [-0.1, -0.05) is 13.3 Å². The Labute approximate surface area is 114 Å². The predicted molar refractivity (Wildman–Crippen MR) is 75.3 cm³/mol. The second kappa shape index (κ2) is 5.99. The number of hydrogen-bond acceptors (Lipinski definition) is 4. The third-order valence-electron chi connectivity index (χ3n) is 3.79. The SMILES string of the molecule is CCC1CCN(c2ccc(C(=O)N(C)C)nn2)CC1. The molecule has 1 saturated heterocycles. The average Bonchev–Trinajstić information content (AvgIpc) is 2.46. The van der Waals surface area contributed by atoms with Crippen LogP contribution in [0.1, 0.15) is 36.7 Å². The van der Waals surface area contributed by atoms with Gasteiger partial charge < -0.3 is 9.80 Å². The van der Waals surface area contributed by atoms with Crippen molar-refractivity contribution in [2.24, 2.45) is 5.92 Å². The van der Waals surface area contributed by atoms with E-state index in [2.05, 4.69) is 22.0 Å². The smallest absolute Gasteiger partial charge is 0.273 e. The van der Waals surface area contributed by atoms with E-state index in [1.54, 1.807) is 20.2 Å². The number of rotatable bonds is 3. The maximum Gasteiger partial charge on any atom is 0.273 e. The molecule has 0 N–H and O–H groups in total. The van der Waals surface area contributed by atoms with E-state index in [4.69, 9.17) is 0 Å². The van der Waals surface area contributed by atoms with E-state index in [1.165, 1.54) is 24.2 Å². The minimum Gasteiger partial charge on any atom is -0.355 e. The molecule has 19 heavy (non-hydrogen) atoms. The molecule has 5 heteroatoms. The minimum absolute atomic E-state index is 0.108. The van der Waals surface area contributed by atoms with E-state index in [0.29, 0.717) is 5.69 Å². The molecule has 0 unspecified atom stereocenters. The van der Waals surface area contributed by atoms with Gasteiger partial charge in [0.2, 0.25) is 0 Å². The topological polar surface area (TPSA) is 49.3 Å². The third kappa shape index (κ3) is 3.22. The lowest BCUT2D eigenvalue weighted by Gasteiger charge is -2.32. The lowest BCUT2D eigenvalue weighted by molar-refractivity contribution is 0.0821. The number of anilines is 1. The van der Waals surface area contributed by atoms with Crippen molar-refractivity contribution < 1.29 is 4.79 Å². The Balaban J connectivity index is 2.01. The molecule has 2 heterocycles. The van der Waals surface area contributed by atoms with Crippen molar-refractivity contribution in [3.8, 4) is 0 Å². The van der Waals surface area contributed by atoms with Gasteiger partial charge in [-0.2, -0.15) is 0 Å². The van der Waals surface area contributed by atoms with Gasteiger partial charge in [-0.3, -0.25) is 4.79 Å². The summed E-state index contributed by atoms with van der Waals surface area (Å²) >= 11 is 0. The molecule has 1 fully saturated rings. The van der Waals surface area contributed by atoms with E-state index in [-0.39, 0.29) is 5.91 Å². The fourth-order valence-corrected chi connectivity index (χ4v) is 2.41. The van der Waals surface area contributed by atoms with E-state index in [1.807, 2.05) is 6.07 Å². The molecule has 2 rings (SSSR count). The lowest BCUT2D eigenvalue weighted by Crippen LogP contribution is -2.34. The summed E-state index contributed by atoms with van der Waals surface area (Å²) in [5, 5.41) is 8.22. The molecule has 0 radical (unpaired) electrons. The largest absolute Gasteiger partial charge is 0.355 e. The van der Waals surface area contributed by atoms with Crippen molar-refractivity contribution in [1.29, 1.82) is 0 Å². The van der Waals surface area contributed by atoms with Crippen LogP contribution in [0.5, 0.6) is 0 Å². The summed E-state index contributed by atoms with van der Waals surface area (Å²) in [4.78, 5) is 15.5. The van der Waals surface area contributed by atoms with Crippen LogP contribution in [0, 0.1) is 5.92 Å². The Morgan fingerprint density at radius 2 is 2.00 bits per heavy atom. The quantitative estimate of drug-likeness (QED) is 0.833. The summed E-state index contributed by atoms with van der Waals surface area (Å²) in [5.41, 5.74) is 0.400. The molecule has 0 aromatic carbocycles. The predicted octanol–water partition coefficient (Wildman–Crippen LogP) is 1.80. The molecule has 0 bridgehead atoms. The van der Waals surface area contributed by atoms with Crippen LogP contribution in [0.3, 0.4) is 0 Å². The number of nitrogens with zero attached hydrogens (tertiary/aromatic N) is 4. The van der Waals surface area contributed by atoms with Crippen LogP contribution >= 0.6 is 0 Å². The van der Waals surface area contributed by atoms with E-state index in [9.17, 15) is 4.79 Å². The number of carbonyl (C=O) groups excluding carboxylic acids is 1. The van der Waals surface area contributed by atoms with Gasteiger partial charge in [0.25, 0.3) is 5.91 Å².